The molecule has 0 aromatic heterocycles. The lowest BCUT2D eigenvalue weighted by atomic mass is 10.1. The van der Waals surface area contributed by atoms with Gasteiger partial charge in [0.25, 0.3) is 0 Å². The highest BCUT2D eigenvalue weighted by molar-refractivity contribution is 14.0. The Bertz CT molecular complexity index is 861. The Hall–Kier alpha value is -1.61. The van der Waals surface area contributed by atoms with Gasteiger partial charge in [-0.15, -0.1) is 24.0 Å². The summed E-state index contributed by atoms with van der Waals surface area (Å²) in [4.78, 5) is 9.39. The van der Waals surface area contributed by atoms with E-state index >= 15 is 0 Å². The third-order valence-corrected chi connectivity index (χ3v) is 7.13. The van der Waals surface area contributed by atoms with Crippen LogP contribution in [-0.4, -0.2) is 50.7 Å². The monoisotopic (exact) mass is 565 g/mol. The van der Waals surface area contributed by atoms with Gasteiger partial charge in [0.05, 0.1) is 6.04 Å². The van der Waals surface area contributed by atoms with E-state index in [2.05, 4.69) is 80.9 Å². The molecule has 1 atom stereocenters. The maximum Gasteiger partial charge on any atom is 0.191 e. The van der Waals surface area contributed by atoms with Crippen LogP contribution in [0.15, 0.2) is 53.5 Å². The van der Waals surface area contributed by atoms with E-state index in [0.717, 1.165) is 25.6 Å². The van der Waals surface area contributed by atoms with Gasteiger partial charge in [-0.1, -0.05) is 24.3 Å². The van der Waals surface area contributed by atoms with Crippen molar-refractivity contribution in [3.05, 3.63) is 59.7 Å². The maximum atomic E-state index is 4.43. The average Bonchev–Trinajstić information content (AvgIpc) is 3.38. The summed E-state index contributed by atoms with van der Waals surface area (Å²) in [5.74, 6) is 3.28. The van der Waals surface area contributed by atoms with Gasteiger partial charge in [0.1, 0.15) is 0 Å². The molecule has 4 rings (SSSR count). The fourth-order valence-electron chi connectivity index (χ4n) is 4.28. The van der Waals surface area contributed by atoms with Gasteiger partial charge >= 0.3 is 0 Å². The number of halogens is 1. The predicted octanol–water partition coefficient (Wildman–Crippen LogP) is 4.88. The second-order valence-electron chi connectivity index (χ2n) is 8.35. The summed E-state index contributed by atoms with van der Waals surface area (Å²) in [6.45, 7) is 7.59. The van der Waals surface area contributed by atoms with Gasteiger partial charge in [-0.3, -0.25) is 4.99 Å². The number of anilines is 2. The SMILES string of the molecule is CN=C(NCc1ccc(N2CCSCC2)cc1)NC(C)c1cccc(N2CCCC2)c1.I. The van der Waals surface area contributed by atoms with Crippen molar-refractivity contribution in [2.75, 3.05) is 54.5 Å². The standard InChI is InChI=1S/C25H35N5S.HI/c1-20(22-6-5-7-24(18-22)29-12-3-4-13-29)28-25(26-2)27-19-21-8-10-23(11-9-21)30-14-16-31-17-15-30;/h5-11,18,20H,3-4,12-17,19H2,1-2H3,(H2,26,27,28);1H. The van der Waals surface area contributed by atoms with Crippen LogP contribution in [0.1, 0.15) is 36.9 Å². The van der Waals surface area contributed by atoms with Crippen molar-refractivity contribution in [3.63, 3.8) is 0 Å². The highest BCUT2D eigenvalue weighted by Gasteiger charge is 2.15. The molecule has 2 aliphatic heterocycles. The third-order valence-electron chi connectivity index (χ3n) is 6.19. The van der Waals surface area contributed by atoms with E-state index in [9.17, 15) is 0 Å². The topological polar surface area (TPSA) is 42.9 Å². The molecule has 2 aromatic rings. The number of thioether (sulfide) groups is 1. The second-order valence-corrected chi connectivity index (χ2v) is 9.57. The lowest BCUT2D eigenvalue weighted by Crippen LogP contribution is -2.38. The third kappa shape index (κ3) is 6.70. The first-order valence-corrected chi connectivity index (χ1v) is 12.6. The number of rotatable bonds is 6. The molecule has 0 radical (unpaired) electrons. The summed E-state index contributed by atoms with van der Waals surface area (Å²) >= 11 is 2.05. The Morgan fingerprint density at radius 1 is 0.969 bits per heavy atom. The van der Waals surface area contributed by atoms with Crippen molar-refractivity contribution in [1.82, 2.24) is 10.6 Å². The Kier molecular flexibility index (Phi) is 9.84. The van der Waals surface area contributed by atoms with Gasteiger partial charge in [-0.25, -0.2) is 0 Å². The van der Waals surface area contributed by atoms with Crippen molar-refractivity contribution < 1.29 is 0 Å². The number of nitrogens with zero attached hydrogens (tertiary/aromatic N) is 3. The molecule has 7 heteroatoms. The van der Waals surface area contributed by atoms with Gasteiger partial charge in [0.15, 0.2) is 5.96 Å². The van der Waals surface area contributed by atoms with Gasteiger partial charge in [0, 0.05) is 62.7 Å². The van der Waals surface area contributed by atoms with Crippen molar-refractivity contribution in [3.8, 4) is 0 Å². The normalized spacial score (nSPS) is 17.6. The Labute approximate surface area is 214 Å². The van der Waals surface area contributed by atoms with Crippen molar-refractivity contribution in [1.29, 1.82) is 0 Å². The first kappa shape index (κ1) is 25.0. The average molecular weight is 566 g/mol. The van der Waals surface area contributed by atoms with Crippen LogP contribution in [0, 0.1) is 0 Å². The number of guanidine groups is 1. The van der Waals surface area contributed by atoms with Crippen LogP contribution in [0.5, 0.6) is 0 Å². The van der Waals surface area contributed by atoms with Gasteiger partial charge in [0.2, 0.25) is 0 Å². The molecule has 32 heavy (non-hydrogen) atoms. The fourth-order valence-corrected chi connectivity index (χ4v) is 5.18. The minimum Gasteiger partial charge on any atom is -0.372 e. The summed E-state index contributed by atoms with van der Waals surface area (Å²) in [5.41, 5.74) is 5.22. The molecule has 2 N–H and O–H groups in total. The van der Waals surface area contributed by atoms with E-state index in [0.29, 0.717) is 0 Å². The largest absolute Gasteiger partial charge is 0.372 e. The zero-order valence-electron chi connectivity index (χ0n) is 19.2. The van der Waals surface area contributed by atoms with Crippen LogP contribution in [0.2, 0.25) is 0 Å². The summed E-state index contributed by atoms with van der Waals surface area (Å²) in [6, 6.07) is 18.0. The zero-order valence-corrected chi connectivity index (χ0v) is 22.4. The Morgan fingerprint density at radius 3 is 2.34 bits per heavy atom. The number of nitrogens with one attached hydrogen (secondary N) is 2. The van der Waals surface area contributed by atoms with Crippen LogP contribution in [0.3, 0.4) is 0 Å². The van der Waals surface area contributed by atoms with Crippen molar-refractivity contribution in [2.45, 2.75) is 32.4 Å². The van der Waals surface area contributed by atoms with E-state index < -0.39 is 0 Å². The number of hydrogen-bond acceptors (Lipinski definition) is 4. The quantitative estimate of drug-likeness (QED) is 0.297. The Morgan fingerprint density at radius 2 is 1.66 bits per heavy atom. The van der Waals surface area contributed by atoms with Crippen molar-refractivity contribution in [2.24, 2.45) is 4.99 Å². The smallest absolute Gasteiger partial charge is 0.191 e. The summed E-state index contributed by atoms with van der Waals surface area (Å²) in [7, 11) is 1.83. The minimum absolute atomic E-state index is 0. The molecule has 0 bridgehead atoms. The molecule has 2 heterocycles. The molecule has 2 fully saturated rings. The lowest BCUT2D eigenvalue weighted by Gasteiger charge is -2.28. The molecule has 2 aromatic carbocycles. The molecule has 1 unspecified atom stereocenters. The first-order chi connectivity index (χ1) is 15.2. The second kappa shape index (κ2) is 12.6. The van der Waals surface area contributed by atoms with E-state index in [1.807, 2.05) is 18.8 Å². The molecule has 0 aliphatic carbocycles. The van der Waals surface area contributed by atoms with Crippen molar-refractivity contribution >= 4 is 53.1 Å². The summed E-state index contributed by atoms with van der Waals surface area (Å²) in [6.07, 6.45) is 2.60. The van der Waals surface area contributed by atoms with E-state index in [-0.39, 0.29) is 30.0 Å². The molecule has 174 valence electrons. The molecule has 5 nitrogen and oxygen atoms in total. The van der Waals surface area contributed by atoms with Crippen LogP contribution in [0.25, 0.3) is 0 Å². The highest BCUT2D eigenvalue weighted by Crippen LogP contribution is 2.24. The molecule has 0 spiro atoms. The molecule has 2 saturated heterocycles. The molecule has 0 amide bonds. The van der Waals surface area contributed by atoms with Crippen LogP contribution in [-0.2, 0) is 6.54 Å². The van der Waals surface area contributed by atoms with Gasteiger partial charge in [-0.05, 0) is 55.2 Å². The number of hydrogen-bond donors (Lipinski definition) is 2. The zero-order chi connectivity index (χ0) is 21.5. The molecular formula is C25H36IN5S. The summed E-state index contributed by atoms with van der Waals surface area (Å²) in [5, 5.41) is 7.01. The minimum atomic E-state index is 0. The van der Waals surface area contributed by atoms with Crippen LogP contribution < -0.4 is 20.4 Å². The van der Waals surface area contributed by atoms with Crippen LogP contribution in [0.4, 0.5) is 11.4 Å². The maximum absolute atomic E-state index is 4.43. The van der Waals surface area contributed by atoms with Gasteiger partial charge < -0.3 is 20.4 Å². The van der Waals surface area contributed by atoms with E-state index in [1.54, 1.807) is 0 Å². The number of aliphatic imine (C=N–C) groups is 1. The van der Waals surface area contributed by atoms with Gasteiger partial charge in [-0.2, -0.15) is 11.8 Å². The van der Waals surface area contributed by atoms with E-state index in [1.165, 1.54) is 59.9 Å². The number of benzene rings is 2. The molecule has 2 aliphatic rings. The Balaban J connectivity index is 0.00000289. The summed E-state index contributed by atoms with van der Waals surface area (Å²) < 4.78 is 0. The predicted molar refractivity (Wildman–Crippen MR) is 151 cm³/mol. The molecule has 0 saturated carbocycles. The fraction of sp³-hybridized carbons (Fsp3) is 0.480. The first-order valence-electron chi connectivity index (χ1n) is 11.5. The molecular weight excluding hydrogens is 529 g/mol. The highest BCUT2D eigenvalue weighted by atomic mass is 127. The van der Waals surface area contributed by atoms with Crippen LogP contribution >= 0.6 is 35.7 Å². The van der Waals surface area contributed by atoms with E-state index in [4.69, 9.17) is 0 Å². The lowest BCUT2D eigenvalue weighted by molar-refractivity contribution is 0.685.